The fourth-order valence-electron chi connectivity index (χ4n) is 3.24. The largest absolute Gasteiger partial charge is 0.357 e. The maximum absolute atomic E-state index is 11.9. The van der Waals surface area contributed by atoms with Crippen molar-refractivity contribution in [3.05, 3.63) is 0 Å². The maximum atomic E-state index is 11.9. The van der Waals surface area contributed by atoms with Crippen molar-refractivity contribution in [1.29, 1.82) is 0 Å². The number of aliphatic imine (C=N–C) groups is 1. The second kappa shape index (κ2) is 11.2. The second-order valence-electron chi connectivity index (χ2n) is 6.66. The molecular weight excluding hydrogens is 455 g/mol. The quantitative estimate of drug-likeness (QED) is 0.298. The number of amides is 1. The van der Waals surface area contributed by atoms with Crippen LogP contribution in [0.5, 0.6) is 0 Å². The van der Waals surface area contributed by atoms with E-state index in [4.69, 9.17) is 0 Å². The van der Waals surface area contributed by atoms with Crippen LogP contribution in [0.4, 0.5) is 0 Å². The summed E-state index contributed by atoms with van der Waals surface area (Å²) in [5, 5.41) is 9.45. The number of sulfone groups is 1. The third-order valence-corrected chi connectivity index (χ3v) is 6.26. The van der Waals surface area contributed by atoms with E-state index >= 15 is 0 Å². The molecule has 1 amide bonds. The SMILES string of the molecule is CCNC(=NCCC(=O)NC1CCS(=O)(=O)C1)NC1CCCCC1.I. The van der Waals surface area contributed by atoms with Crippen LogP contribution in [-0.4, -0.2) is 57.0 Å². The van der Waals surface area contributed by atoms with Gasteiger partial charge in [-0.15, -0.1) is 24.0 Å². The average Bonchev–Trinajstić information content (AvgIpc) is 2.87. The molecule has 9 heteroatoms. The first-order valence-corrected chi connectivity index (χ1v) is 10.9. The Morgan fingerprint density at radius 2 is 1.80 bits per heavy atom. The lowest BCUT2D eigenvalue weighted by atomic mass is 9.96. The fourth-order valence-corrected chi connectivity index (χ4v) is 4.91. The number of hydrogen-bond donors (Lipinski definition) is 3. The van der Waals surface area contributed by atoms with Crippen molar-refractivity contribution in [2.75, 3.05) is 24.6 Å². The first-order valence-electron chi connectivity index (χ1n) is 9.03. The zero-order chi connectivity index (χ0) is 17.4. The van der Waals surface area contributed by atoms with E-state index in [0.29, 0.717) is 19.0 Å². The number of rotatable bonds is 6. The Hall–Kier alpha value is -0.580. The number of carbonyl (C=O) groups is 1. The van der Waals surface area contributed by atoms with Crippen LogP contribution in [0.1, 0.15) is 51.9 Å². The summed E-state index contributed by atoms with van der Waals surface area (Å²) in [5.74, 6) is 0.870. The van der Waals surface area contributed by atoms with Gasteiger partial charge < -0.3 is 16.0 Å². The molecule has 0 aromatic rings. The molecule has 3 N–H and O–H groups in total. The van der Waals surface area contributed by atoms with Crippen LogP contribution in [-0.2, 0) is 14.6 Å². The monoisotopic (exact) mass is 486 g/mol. The number of carbonyl (C=O) groups excluding carboxylic acids is 1. The van der Waals surface area contributed by atoms with E-state index in [1.807, 2.05) is 6.92 Å². The van der Waals surface area contributed by atoms with Crippen LogP contribution in [0, 0.1) is 0 Å². The van der Waals surface area contributed by atoms with Gasteiger partial charge in [-0.1, -0.05) is 19.3 Å². The normalized spacial score (nSPS) is 23.6. The molecule has 1 aliphatic heterocycles. The number of nitrogens with zero attached hydrogens (tertiary/aromatic N) is 1. The highest BCUT2D eigenvalue weighted by atomic mass is 127. The standard InChI is InChI=1S/C16H30N4O3S.HI/c1-2-17-16(20-13-6-4-3-5-7-13)18-10-8-15(21)19-14-9-11-24(22,23)12-14;/h13-14H,2-12H2,1H3,(H,19,21)(H2,17,18,20);1H. The van der Waals surface area contributed by atoms with Gasteiger partial charge in [-0.2, -0.15) is 0 Å². The molecule has 2 aliphatic rings. The van der Waals surface area contributed by atoms with Crippen molar-refractivity contribution in [1.82, 2.24) is 16.0 Å². The van der Waals surface area contributed by atoms with E-state index < -0.39 is 9.84 Å². The molecule has 25 heavy (non-hydrogen) atoms. The lowest BCUT2D eigenvalue weighted by Crippen LogP contribution is -2.44. The molecule has 7 nitrogen and oxygen atoms in total. The molecule has 1 unspecified atom stereocenters. The van der Waals surface area contributed by atoms with Gasteiger partial charge in [-0.05, 0) is 26.2 Å². The van der Waals surface area contributed by atoms with E-state index in [-0.39, 0.29) is 53.9 Å². The molecule has 146 valence electrons. The molecule has 0 radical (unpaired) electrons. The molecule has 0 spiro atoms. The fraction of sp³-hybridized carbons (Fsp3) is 0.875. The van der Waals surface area contributed by atoms with Gasteiger partial charge in [0.2, 0.25) is 5.91 Å². The van der Waals surface area contributed by atoms with Crippen molar-refractivity contribution in [3.8, 4) is 0 Å². The first kappa shape index (κ1) is 22.5. The minimum absolute atomic E-state index is 0. The van der Waals surface area contributed by atoms with E-state index in [2.05, 4.69) is 20.9 Å². The smallest absolute Gasteiger partial charge is 0.222 e. The van der Waals surface area contributed by atoms with Crippen molar-refractivity contribution in [2.45, 2.75) is 64.0 Å². The van der Waals surface area contributed by atoms with Crippen LogP contribution in [0.25, 0.3) is 0 Å². The molecule has 0 bridgehead atoms. The Labute approximate surface area is 168 Å². The van der Waals surface area contributed by atoms with Gasteiger partial charge in [-0.3, -0.25) is 9.79 Å². The molecular formula is C16H31IN4O3S. The van der Waals surface area contributed by atoms with Gasteiger partial charge in [0.15, 0.2) is 15.8 Å². The molecule has 2 rings (SSSR count). The summed E-state index contributed by atoms with van der Waals surface area (Å²) in [7, 11) is -2.96. The molecule has 1 saturated heterocycles. The number of halogens is 1. The minimum atomic E-state index is -2.96. The van der Waals surface area contributed by atoms with Crippen LogP contribution < -0.4 is 16.0 Å². The van der Waals surface area contributed by atoms with Crippen molar-refractivity contribution in [2.24, 2.45) is 4.99 Å². The van der Waals surface area contributed by atoms with E-state index in [1.54, 1.807) is 0 Å². The highest BCUT2D eigenvalue weighted by Crippen LogP contribution is 2.17. The predicted molar refractivity (Wildman–Crippen MR) is 111 cm³/mol. The predicted octanol–water partition coefficient (Wildman–Crippen LogP) is 1.19. The Morgan fingerprint density at radius 3 is 2.40 bits per heavy atom. The maximum Gasteiger partial charge on any atom is 0.222 e. The zero-order valence-electron chi connectivity index (χ0n) is 14.9. The van der Waals surface area contributed by atoms with E-state index in [1.165, 1.54) is 32.1 Å². The van der Waals surface area contributed by atoms with Gasteiger partial charge in [-0.25, -0.2) is 8.42 Å². The lowest BCUT2D eigenvalue weighted by Gasteiger charge is -2.24. The highest BCUT2D eigenvalue weighted by Gasteiger charge is 2.28. The van der Waals surface area contributed by atoms with Gasteiger partial charge in [0.05, 0.1) is 18.1 Å². The average molecular weight is 486 g/mol. The molecule has 1 saturated carbocycles. The third-order valence-electron chi connectivity index (χ3n) is 4.50. The summed E-state index contributed by atoms with van der Waals surface area (Å²) in [6, 6.07) is 0.231. The Balaban J connectivity index is 0.00000312. The van der Waals surface area contributed by atoms with Gasteiger partial charge in [0.25, 0.3) is 0 Å². The van der Waals surface area contributed by atoms with Crippen molar-refractivity contribution < 1.29 is 13.2 Å². The molecule has 2 fully saturated rings. The van der Waals surface area contributed by atoms with Crippen molar-refractivity contribution >= 4 is 45.7 Å². The Kier molecular flexibility index (Phi) is 10.1. The van der Waals surface area contributed by atoms with Gasteiger partial charge in [0, 0.05) is 25.0 Å². The summed E-state index contributed by atoms with van der Waals surface area (Å²) in [6.07, 6.45) is 6.94. The summed E-state index contributed by atoms with van der Waals surface area (Å²) >= 11 is 0. The van der Waals surface area contributed by atoms with Crippen molar-refractivity contribution in [3.63, 3.8) is 0 Å². The molecule has 1 atom stereocenters. The van der Waals surface area contributed by atoms with Crippen LogP contribution in [0.3, 0.4) is 0 Å². The van der Waals surface area contributed by atoms with Gasteiger partial charge >= 0.3 is 0 Å². The minimum Gasteiger partial charge on any atom is -0.357 e. The Bertz CT molecular complexity index is 548. The van der Waals surface area contributed by atoms with Crippen LogP contribution in [0.2, 0.25) is 0 Å². The number of guanidine groups is 1. The molecule has 0 aromatic carbocycles. The number of hydrogen-bond acceptors (Lipinski definition) is 4. The first-order chi connectivity index (χ1) is 11.5. The van der Waals surface area contributed by atoms with Crippen LogP contribution in [0.15, 0.2) is 4.99 Å². The topological polar surface area (TPSA) is 99.7 Å². The summed E-state index contributed by atoms with van der Waals surface area (Å²) in [5.41, 5.74) is 0. The molecule has 0 aromatic heterocycles. The van der Waals surface area contributed by atoms with Crippen LogP contribution >= 0.6 is 24.0 Å². The zero-order valence-corrected chi connectivity index (χ0v) is 18.1. The summed E-state index contributed by atoms with van der Waals surface area (Å²) in [6.45, 7) is 3.20. The van der Waals surface area contributed by atoms with E-state index in [9.17, 15) is 13.2 Å². The highest BCUT2D eigenvalue weighted by molar-refractivity contribution is 14.0. The second-order valence-corrected chi connectivity index (χ2v) is 8.89. The molecule has 1 aliphatic carbocycles. The lowest BCUT2D eigenvalue weighted by molar-refractivity contribution is -0.121. The Morgan fingerprint density at radius 1 is 1.08 bits per heavy atom. The third kappa shape index (κ3) is 8.57. The molecule has 1 heterocycles. The van der Waals surface area contributed by atoms with E-state index in [0.717, 1.165) is 12.5 Å². The number of nitrogens with one attached hydrogen (secondary N) is 3. The summed E-state index contributed by atoms with van der Waals surface area (Å²) in [4.78, 5) is 16.4. The van der Waals surface area contributed by atoms with Gasteiger partial charge in [0.1, 0.15) is 0 Å². The summed E-state index contributed by atoms with van der Waals surface area (Å²) < 4.78 is 22.8.